The average Bonchev–Trinajstić information content (AvgIpc) is 3.45. The van der Waals surface area contributed by atoms with E-state index in [4.69, 9.17) is 4.74 Å². The highest BCUT2D eigenvalue weighted by Crippen LogP contribution is 2.23. The van der Waals surface area contributed by atoms with E-state index in [0.717, 1.165) is 29.1 Å². The third kappa shape index (κ3) is 4.25. The van der Waals surface area contributed by atoms with Crippen LogP contribution in [-0.2, 0) is 17.8 Å². The maximum Gasteiger partial charge on any atom is 0.273 e. The second kappa shape index (κ2) is 9.52. The minimum absolute atomic E-state index is 0.0150. The predicted octanol–water partition coefficient (Wildman–Crippen LogP) is 3.72. The van der Waals surface area contributed by atoms with Gasteiger partial charge in [-0.1, -0.05) is 19.1 Å². The number of rotatable bonds is 9. The Morgan fingerprint density at radius 2 is 2.12 bits per heavy atom. The SMILES string of the molecule is CCC(C)n1c(=O)c2sccc2n2c(CCCC(=O)NCc3cccc(OC)c3)nnc12. The van der Waals surface area contributed by atoms with Gasteiger partial charge < -0.3 is 10.1 Å². The summed E-state index contributed by atoms with van der Waals surface area (Å²) in [4.78, 5) is 25.3. The Morgan fingerprint density at radius 1 is 1.28 bits per heavy atom. The Labute approximate surface area is 189 Å². The number of nitrogens with zero attached hydrogens (tertiary/aromatic N) is 4. The van der Waals surface area contributed by atoms with Crippen LogP contribution in [0.5, 0.6) is 5.75 Å². The molecule has 0 aliphatic heterocycles. The monoisotopic (exact) mass is 453 g/mol. The summed E-state index contributed by atoms with van der Waals surface area (Å²) in [6.07, 6.45) is 2.44. The molecule has 4 aromatic rings. The minimum atomic E-state index is -0.0206. The molecule has 0 saturated heterocycles. The fourth-order valence-electron chi connectivity index (χ4n) is 3.77. The molecule has 0 radical (unpaired) electrons. The lowest BCUT2D eigenvalue weighted by atomic mass is 10.2. The van der Waals surface area contributed by atoms with Gasteiger partial charge in [0.15, 0.2) is 0 Å². The highest BCUT2D eigenvalue weighted by Gasteiger charge is 2.19. The molecule has 0 bridgehead atoms. The van der Waals surface area contributed by atoms with E-state index in [9.17, 15) is 9.59 Å². The molecule has 0 saturated carbocycles. The number of hydrogen-bond donors (Lipinski definition) is 1. The molecular weight excluding hydrogens is 426 g/mol. The largest absolute Gasteiger partial charge is 0.497 e. The van der Waals surface area contributed by atoms with Crippen molar-refractivity contribution in [1.29, 1.82) is 0 Å². The molecule has 0 fully saturated rings. The van der Waals surface area contributed by atoms with Crippen LogP contribution in [-0.4, -0.2) is 32.2 Å². The molecule has 3 aromatic heterocycles. The van der Waals surface area contributed by atoms with Gasteiger partial charge in [-0.2, -0.15) is 0 Å². The number of aryl methyl sites for hydroxylation is 1. The number of amides is 1. The van der Waals surface area contributed by atoms with E-state index in [1.165, 1.54) is 11.3 Å². The van der Waals surface area contributed by atoms with Gasteiger partial charge in [-0.25, -0.2) is 0 Å². The van der Waals surface area contributed by atoms with Crippen LogP contribution in [0.15, 0.2) is 40.5 Å². The van der Waals surface area contributed by atoms with Gasteiger partial charge in [0.1, 0.15) is 16.3 Å². The average molecular weight is 454 g/mol. The fourth-order valence-corrected chi connectivity index (χ4v) is 4.58. The highest BCUT2D eigenvalue weighted by atomic mass is 32.1. The quantitative estimate of drug-likeness (QED) is 0.417. The van der Waals surface area contributed by atoms with E-state index in [2.05, 4.69) is 15.5 Å². The van der Waals surface area contributed by atoms with Gasteiger partial charge in [-0.05, 0) is 48.9 Å². The molecule has 3 heterocycles. The number of aromatic nitrogens is 4. The van der Waals surface area contributed by atoms with Crippen molar-refractivity contribution < 1.29 is 9.53 Å². The number of benzene rings is 1. The zero-order valence-electron chi connectivity index (χ0n) is 18.5. The fraction of sp³-hybridized carbons (Fsp3) is 0.391. The maximum atomic E-state index is 13.0. The number of methoxy groups -OCH3 is 1. The molecule has 0 aliphatic carbocycles. The van der Waals surface area contributed by atoms with Crippen LogP contribution in [0.4, 0.5) is 0 Å². The van der Waals surface area contributed by atoms with E-state index in [1.807, 2.05) is 54.0 Å². The molecule has 1 unspecified atom stereocenters. The van der Waals surface area contributed by atoms with Gasteiger partial charge in [-0.15, -0.1) is 21.5 Å². The summed E-state index contributed by atoms with van der Waals surface area (Å²) in [5.41, 5.74) is 1.80. The molecule has 1 atom stereocenters. The second-order valence-electron chi connectivity index (χ2n) is 7.80. The molecule has 1 amide bonds. The van der Waals surface area contributed by atoms with E-state index >= 15 is 0 Å². The zero-order valence-corrected chi connectivity index (χ0v) is 19.3. The van der Waals surface area contributed by atoms with Crippen LogP contribution < -0.4 is 15.6 Å². The van der Waals surface area contributed by atoms with Gasteiger partial charge >= 0.3 is 0 Å². The third-order valence-corrected chi connectivity index (χ3v) is 6.58. The first-order chi connectivity index (χ1) is 15.5. The molecule has 0 spiro atoms. The van der Waals surface area contributed by atoms with Crippen LogP contribution in [0.3, 0.4) is 0 Å². The summed E-state index contributed by atoms with van der Waals surface area (Å²) < 4.78 is 9.62. The van der Waals surface area contributed by atoms with Crippen LogP contribution in [0.25, 0.3) is 16.0 Å². The second-order valence-corrected chi connectivity index (χ2v) is 8.72. The number of carbonyl (C=O) groups excluding carboxylic acids is 1. The van der Waals surface area contributed by atoms with Crippen LogP contribution >= 0.6 is 11.3 Å². The maximum absolute atomic E-state index is 13.0. The first-order valence-electron chi connectivity index (χ1n) is 10.8. The van der Waals surface area contributed by atoms with E-state index < -0.39 is 0 Å². The van der Waals surface area contributed by atoms with Crippen molar-refractivity contribution in [3.05, 3.63) is 57.5 Å². The van der Waals surface area contributed by atoms with Crippen LogP contribution in [0.1, 0.15) is 50.5 Å². The first-order valence-corrected chi connectivity index (χ1v) is 11.7. The lowest BCUT2D eigenvalue weighted by molar-refractivity contribution is -0.121. The van der Waals surface area contributed by atoms with Crippen LogP contribution in [0.2, 0.25) is 0 Å². The Balaban J connectivity index is 1.46. The van der Waals surface area contributed by atoms with Gasteiger partial charge in [-0.3, -0.25) is 18.6 Å². The number of nitrogens with one attached hydrogen (secondary N) is 1. The first kappa shape index (κ1) is 22.0. The molecule has 0 aliphatic rings. The van der Waals surface area contributed by atoms with E-state index in [0.29, 0.717) is 36.3 Å². The zero-order chi connectivity index (χ0) is 22.7. The highest BCUT2D eigenvalue weighted by molar-refractivity contribution is 7.17. The standard InChI is InChI=1S/C23H27N5O3S/c1-4-15(2)27-22(30)21-18(11-12-32-21)28-19(25-26-23(27)28)9-6-10-20(29)24-14-16-7-5-8-17(13-16)31-3/h5,7-8,11-13,15H,4,6,9-10,14H2,1-3H3,(H,24,29). The van der Waals surface area contributed by atoms with Crippen molar-refractivity contribution in [3.8, 4) is 5.75 Å². The lowest BCUT2D eigenvalue weighted by Crippen LogP contribution is -2.25. The van der Waals surface area contributed by atoms with Gasteiger partial charge in [0, 0.05) is 25.4 Å². The van der Waals surface area contributed by atoms with Gasteiger partial charge in [0.05, 0.1) is 12.6 Å². The van der Waals surface area contributed by atoms with E-state index in [-0.39, 0.29) is 17.5 Å². The number of thiophene rings is 1. The van der Waals surface area contributed by atoms with Crippen molar-refractivity contribution in [2.75, 3.05) is 7.11 Å². The summed E-state index contributed by atoms with van der Waals surface area (Å²) in [6, 6.07) is 9.60. The lowest BCUT2D eigenvalue weighted by Gasteiger charge is -2.14. The summed E-state index contributed by atoms with van der Waals surface area (Å²) in [5.74, 6) is 2.08. The Hall–Kier alpha value is -3.20. The molecule has 8 nitrogen and oxygen atoms in total. The Morgan fingerprint density at radius 3 is 2.91 bits per heavy atom. The van der Waals surface area contributed by atoms with Crippen LogP contribution in [0, 0.1) is 0 Å². The van der Waals surface area contributed by atoms with Crippen molar-refractivity contribution in [2.45, 2.75) is 52.1 Å². The van der Waals surface area contributed by atoms with Crippen molar-refractivity contribution in [1.82, 2.24) is 24.5 Å². The smallest absolute Gasteiger partial charge is 0.273 e. The molecule has 9 heteroatoms. The summed E-state index contributed by atoms with van der Waals surface area (Å²) in [5, 5.41) is 13.6. The van der Waals surface area contributed by atoms with Crippen molar-refractivity contribution in [2.24, 2.45) is 0 Å². The van der Waals surface area contributed by atoms with Gasteiger partial charge in [0.2, 0.25) is 11.7 Å². The number of hydrogen-bond acceptors (Lipinski definition) is 6. The molecule has 168 valence electrons. The van der Waals surface area contributed by atoms with Crippen molar-refractivity contribution >= 4 is 33.2 Å². The molecule has 32 heavy (non-hydrogen) atoms. The normalized spacial score (nSPS) is 12.3. The Bertz CT molecular complexity index is 1310. The number of fused-ring (bicyclic) bond motifs is 3. The molecule has 4 rings (SSSR count). The summed E-state index contributed by atoms with van der Waals surface area (Å²) in [6.45, 7) is 4.52. The molecule has 1 aromatic carbocycles. The summed E-state index contributed by atoms with van der Waals surface area (Å²) >= 11 is 1.44. The number of carbonyl (C=O) groups is 1. The van der Waals surface area contributed by atoms with Gasteiger partial charge in [0.25, 0.3) is 5.56 Å². The predicted molar refractivity (Wildman–Crippen MR) is 125 cm³/mol. The van der Waals surface area contributed by atoms with Crippen molar-refractivity contribution in [3.63, 3.8) is 0 Å². The molecule has 1 N–H and O–H groups in total. The molecular formula is C23H27N5O3S. The number of ether oxygens (including phenoxy) is 1. The Kier molecular flexibility index (Phi) is 6.55. The van der Waals surface area contributed by atoms with E-state index in [1.54, 1.807) is 11.7 Å². The topological polar surface area (TPSA) is 90.5 Å². The third-order valence-electron chi connectivity index (χ3n) is 5.69. The minimum Gasteiger partial charge on any atom is -0.497 e. The summed E-state index contributed by atoms with van der Waals surface area (Å²) in [7, 11) is 1.62.